The van der Waals surface area contributed by atoms with Gasteiger partial charge in [-0.1, -0.05) is 26.2 Å². The van der Waals surface area contributed by atoms with Crippen LogP contribution in [0, 0.1) is 0 Å². The summed E-state index contributed by atoms with van der Waals surface area (Å²) >= 11 is 1.72. The molecule has 0 aliphatic heterocycles. The smallest absolute Gasteiger partial charge is 0.107 e. The van der Waals surface area contributed by atoms with Crippen molar-refractivity contribution in [3.63, 3.8) is 0 Å². The zero-order valence-electron chi connectivity index (χ0n) is 10.6. The first-order valence-corrected chi connectivity index (χ1v) is 7.52. The van der Waals surface area contributed by atoms with Crippen LogP contribution < -0.4 is 5.32 Å². The molecule has 17 heavy (non-hydrogen) atoms. The fourth-order valence-electron chi connectivity index (χ4n) is 2.16. The van der Waals surface area contributed by atoms with Crippen molar-refractivity contribution in [3.05, 3.63) is 16.1 Å². The quantitative estimate of drug-likeness (QED) is 0.847. The van der Waals surface area contributed by atoms with Gasteiger partial charge in [0.1, 0.15) is 5.01 Å². The lowest BCUT2D eigenvalue weighted by molar-refractivity contribution is 0.0154. The predicted molar refractivity (Wildman–Crippen MR) is 71.2 cm³/mol. The van der Waals surface area contributed by atoms with Gasteiger partial charge in [0.2, 0.25) is 0 Å². The highest BCUT2D eigenvalue weighted by Crippen LogP contribution is 2.21. The Bertz CT molecular complexity index is 321. The minimum Gasteiger partial charge on any atom is -0.372 e. The standard InChI is InChI=1S/C13H22N2OS/c1-2-14-8-13-15-11(10-17-13)9-16-12-6-4-3-5-7-12/h10,12,14H,2-9H2,1H3. The van der Waals surface area contributed by atoms with Gasteiger partial charge in [0.05, 0.1) is 18.4 Å². The van der Waals surface area contributed by atoms with E-state index in [0.717, 1.165) is 23.8 Å². The third kappa shape index (κ3) is 4.37. The zero-order valence-corrected chi connectivity index (χ0v) is 11.4. The van der Waals surface area contributed by atoms with Gasteiger partial charge < -0.3 is 10.1 Å². The molecule has 2 rings (SSSR count). The predicted octanol–water partition coefficient (Wildman–Crippen LogP) is 3.10. The number of thiazole rings is 1. The van der Waals surface area contributed by atoms with Crippen LogP contribution in [-0.2, 0) is 17.9 Å². The fraction of sp³-hybridized carbons (Fsp3) is 0.769. The zero-order chi connectivity index (χ0) is 11.9. The van der Waals surface area contributed by atoms with Gasteiger partial charge in [-0.3, -0.25) is 0 Å². The SMILES string of the molecule is CCNCc1nc(COC2CCCCC2)cs1. The normalized spacial score (nSPS) is 17.5. The molecule has 1 aromatic heterocycles. The molecular formula is C13H22N2OS. The molecule has 0 unspecified atom stereocenters. The van der Waals surface area contributed by atoms with Crippen LogP contribution in [0.4, 0.5) is 0 Å². The van der Waals surface area contributed by atoms with E-state index in [9.17, 15) is 0 Å². The lowest BCUT2D eigenvalue weighted by atomic mass is 9.98. The van der Waals surface area contributed by atoms with E-state index in [1.54, 1.807) is 11.3 Å². The fourth-order valence-corrected chi connectivity index (χ4v) is 2.91. The van der Waals surface area contributed by atoms with Crippen molar-refractivity contribution in [2.24, 2.45) is 0 Å². The molecule has 1 heterocycles. The second kappa shape index (κ2) is 7.09. The highest BCUT2D eigenvalue weighted by molar-refractivity contribution is 7.09. The third-order valence-corrected chi connectivity index (χ3v) is 4.04. The largest absolute Gasteiger partial charge is 0.372 e. The second-order valence-corrected chi connectivity index (χ2v) is 5.53. The summed E-state index contributed by atoms with van der Waals surface area (Å²) in [6.45, 7) is 4.67. The van der Waals surface area contributed by atoms with E-state index >= 15 is 0 Å². The van der Waals surface area contributed by atoms with Gasteiger partial charge in [0, 0.05) is 11.9 Å². The first-order chi connectivity index (χ1) is 8.38. The Labute approximate surface area is 108 Å². The molecule has 0 bridgehead atoms. The summed E-state index contributed by atoms with van der Waals surface area (Å²) < 4.78 is 5.91. The molecule has 0 aromatic carbocycles. The molecule has 4 heteroatoms. The molecule has 0 radical (unpaired) electrons. The van der Waals surface area contributed by atoms with Crippen LogP contribution >= 0.6 is 11.3 Å². The number of rotatable bonds is 6. The van der Waals surface area contributed by atoms with Crippen LogP contribution in [-0.4, -0.2) is 17.6 Å². The summed E-state index contributed by atoms with van der Waals surface area (Å²) in [6, 6.07) is 0. The topological polar surface area (TPSA) is 34.2 Å². The van der Waals surface area contributed by atoms with Crippen LogP contribution in [0.1, 0.15) is 49.7 Å². The monoisotopic (exact) mass is 254 g/mol. The van der Waals surface area contributed by atoms with Crippen molar-refractivity contribution in [2.45, 2.75) is 58.3 Å². The Morgan fingerprint density at radius 2 is 2.24 bits per heavy atom. The summed E-state index contributed by atoms with van der Waals surface area (Å²) in [5.41, 5.74) is 1.09. The van der Waals surface area contributed by atoms with Crippen molar-refractivity contribution in [3.8, 4) is 0 Å². The molecule has 1 aliphatic carbocycles. The van der Waals surface area contributed by atoms with Gasteiger partial charge in [0.15, 0.2) is 0 Å². The molecular weight excluding hydrogens is 232 g/mol. The maximum Gasteiger partial charge on any atom is 0.107 e. The molecule has 1 aliphatic rings. The summed E-state index contributed by atoms with van der Waals surface area (Å²) in [7, 11) is 0. The Morgan fingerprint density at radius 1 is 1.41 bits per heavy atom. The molecule has 1 fully saturated rings. The lowest BCUT2D eigenvalue weighted by Crippen LogP contribution is -2.16. The average Bonchev–Trinajstić information content (AvgIpc) is 2.83. The molecule has 0 saturated heterocycles. The summed E-state index contributed by atoms with van der Waals surface area (Å²) in [5, 5.41) is 6.57. The lowest BCUT2D eigenvalue weighted by Gasteiger charge is -2.21. The maximum absolute atomic E-state index is 5.91. The van der Waals surface area contributed by atoms with Gasteiger partial charge in [-0.25, -0.2) is 4.98 Å². The highest BCUT2D eigenvalue weighted by atomic mass is 32.1. The summed E-state index contributed by atoms with van der Waals surface area (Å²) in [5.74, 6) is 0. The minimum atomic E-state index is 0.475. The van der Waals surface area contributed by atoms with Gasteiger partial charge in [-0.05, 0) is 19.4 Å². The van der Waals surface area contributed by atoms with Crippen LogP contribution in [0.3, 0.4) is 0 Å². The van der Waals surface area contributed by atoms with Gasteiger partial charge in [-0.2, -0.15) is 0 Å². The van der Waals surface area contributed by atoms with Gasteiger partial charge in [0.25, 0.3) is 0 Å². The van der Waals surface area contributed by atoms with E-state index in [-0.39, 0.29) is 0 Å². The molecule has 96 valence electrons. The number of hydrogen-bond donors (Lipinski definition) is 1. The van der Waals surface area contributed by atoms with Gasteiger partial charge >= 0.3 is 0 Å². The first kappa shape index (κ1) is 13.0. The number of nitrogens with zero attached hydrogens (tertiary/aromatic N) is 1. The van der Waals surface area contributed by atoms with E-state index in [0.29, 0.717) is 12.7 Å². The molecule has 0 spiro atoms. The molecule has 0 amide bonds. The molecule has 1 saturated carbocycles. The minimum absolute atomic E-state index is 0.475. The van der Waals surface area contributed by atoms with Crippen molar-refractivity contribution in [1.29, 1.82) is 0 Å². The maximum atomic E-state index is 5.91. The molecule has 0 atom stereocenters. The summed E-state index contributed by atoms with van der Waals surface area (Å²) in [4.78, 5) is 4.56. The Hall–Kier alpha value is -0.450. The van der Waals surface area contributed by atoms with Crippen LogP contribution in [0.5, 0.6) is 0 Å². The Kier molecular flexibility index (Phi) is 5.42. The van der Waals surface area contributed by atoms with E-state index in [1.165, 1.54) is 32.1 Å². The molecule has 1 N–H and O–H groups in total. The molecule has 3 nitrogen and oxygen atoms in total. The number of hydrogen-bond acceptors (Lipinski definition) is 4. The molecule has 1 aromatic rings. The van der Waals surface area contributed by atoms with Gasteiger partial charge in [-0.15, -0.1) is 11.3 Å². The Morgan fingerprint density at radius 3 is 3.00 bits per heavy atom. The van der Waals surface area contributed by atoms with Crippen molar-refractivity contribution in [2.75, 3.05) is 6.54 Å². The number of aromatic nitrogens is 1. The first-order valence-electron chi connectivity index (χ1n) is 6.64. The highest BCUT2D eigenvalue weighted by Gasteiger charge is 2.14. The van der Waals surface area contributed by atoms with Crippen LogP contribution in [0.2, 0.25) is 0 Å². The van der Waals surface area contributed by atoms with Crippen molar-refractivity contribution < 1.29 is 4.74 Å². The van der Waals surface area contributed by atoms with E-state index in [4.69, 9.17) is 4.74 Å². The van der Waals surface area contributed by atoms with Crippen molar-refractivity contribution >= 4 is 11.3 Å². The van der Waals surface area contributed by atoms with Crippen LogP contribution in [0.15, 0.2) is 5.38 Å². The number of ether oxygens (including phenoxy) is 1. The van der Waals surface area contributed by atoms with Crippen molar-refractivity contribution in [1.82, 2.24) is 10.3 Å². The average molecular weight is 254 g/mol. The van der Waals surface area contributed by atoms with E-state index in [2.05, 4.69) is 22.6 Å². The Balaban J connectivity index is 1.72. The number of nitrogens with one attached hydrogen (secondary N) is 1. The second-order valence-electron chi connectivity index (χ2n) is 4.58. The van der Waals surface area contributed by atoms with E-state index in [1.807, 2.05) is 0 Å². The van der Waals surface area contributed by atoms with E-state index < -0.39 is 0 Å². The van der Waals surface area contributed by atoms with Crippen LogP contribution in [0.25, 0.3) is 0 Å². The summed E-state index contributed by atoms with van der Waals surface area (Å²) in [6.07, 6.45) is 6.97. The third-order valence-electron chi connectivity index (χ3n) is 3.14.